The van der Waals surface area contributed by atoms with E-state index < -0.39 is 0 Å². The quantitative estimate of drug-likeness (QED) is 0.783. The number of halogens is 1. The highest BCUT2D eigenvalue weighted by Crippen LogP contribution is 2.28. The summed E-state index contributed by atoms with van der Waals surface area (Å²) in [6, 6.07) is 5.11. The lowest BCUT2D eigenvalue weighted by molar-refractivity contribution is 0.247. The molecule has 1 saturated heterocycles. The molecular formula is C14H20ClN3. The summed E-state index contributed by atoms with van der Waals surface area (Å²) in [7, 11) is 0. The van der Waals surface area contributed by atoms with E-state index in [1.165, 1.54) is 25.9 Å². The first-order valence-electron chi connectivity index (χ1n) is 6.79. The maximum absolute atomic E-state index is 5.87. The normalized spacial score (nSPS) is 21.3. The number of anilines is 1. The van der Waals surface area contributed by atoms with E-state index in [-0.39, 0.29) is 0 Å². The number of hydrogen-bond donors (Lipinski definition) is 0. The van der Waals surface area contributed by atoms with Gasteiger partial charge in [0.2, 0.25) is 0 Å². The largest absolute Gasteiger partial charge is 0.354 e. The van der Waals surface area contributed by atoms with E-state index in [2.05, 4.69) is 26.9 Å². The summed E-state index contributed by atoms with van der Waals surface area (Å²) >= 11 is 5.87. The lowest BCUT2D eigenvalue weighted by atomic mass is 10.2. The molecule has 1 aromatic heterocycles. The first kappa shape index (κ1) is 12.2. The Morgan fingerprint density at radius 1 is 1.22 bits per heavy atom. The Kier molecular flexibility index (Phi) is 3.44. The molecular weight excluding hydrogens is 246 g/mol. The van der Waals surface area contributed by atoms with Gasteiger partial charge in [-0.1, -0.05) is 6.07 Å². The molecule has 98 valence electrons. The zero-order chi connectivity index (χ0) is 12.5. The van der Waals surface area contributed by atoms with Crippen LogP contribution in [0.1, 0.15) is 24.1 Å². The topological polar surface area (TPSA) is 19.4 Å². The fraction of sp³-hybridized carbons (Fsp3) is 0.643. The van der Waals surface area contributed by atoms with Gasteiger partial charge in [-0.3, -0.25) is 4.90 Å². The summed E-state index contributed by atoms with van der Waals surface area (Å²) in [6.45, 7) is 6.61. The van der Waals surface area contributed by atoms with Crippen molar-refractivity contribution in [1.82, 2.24) is 9.88 Å². The Morgan fingerprint density at radius 3 is 2.50 bits per heavy atom. The van der Waals surface area contributed by atoms with Crippen LogP contribution >= 0.6 is 11.6 Å². The molecule has 0 unspecified atom stereocenters. The zero-order valence-electron chi connectivity index (χ0n) is 10.9. The summed E-state index contributed by atoms with van der Waals surface area (Å²) in [6.07, 6.45) is 2.81. The minimum Gasteiger partial charge on any atom is -0.354 e. The lowest BCUT2D eigenvalue weighted by Gasteiger charge is -2.35. The van der Waals surface area contributed by atoms with Gasteiger partial charge in [0, 0.05) is 43.8 Å². The summed E-state index contributed by atoms with van der Waals surface area (Å²) in [5.41, 5.74) is 2.20. The molecule has 1 aliphatic heterocycles. The number of alkyl halides is 1. The van der Waals surface area contributed by atoms with Crippen LogP contribution in [0.25, 0.3) is 0 Å². The molecule has 0 amide bonds. The Hall–Kier alpha value is -0.800. The van der Waals surface area contributed by atoms with Crippen molar-refractivity contribution in [2.75, 3.05) is 31.1 Å². The fourth-order valence-corrected chi connectivity index (χ4v) is 2.93. The van der Waals surface area contributed by atoms with Crippen molar-refractivity contribution < 1.29 is 0 Å². The maximum Gasteiger partial charge on any atom is 0.128 e. The van der Waals surface area contributed by atoms with Crippen LogP contribution < -0.4 is 4.90 Å². The summed E-state index contributed by atoms with van der Waals surface area (Å²) in [4.78, 5) is 9.69. The maximum atomic E-state index is 5.87. The van der Waals surface area contributed by atoms with Gasteiger partial charge >= 0.3 is 0 Å². The van der Waals surface area contributed by atoms with Gasteiger partial charge in [-0.25, -0.2) is 4.98 Å². The molecule has 18 heavy (non-hydrogen) atoms. The lowest BCUT2D eigenvalue weighted by Crippen LogP contribution is -2.47. The Morgan fingerprint density at radius 2 is 1.94 bits per heavy atom. The van der Waals surface area contributed by atoms with Gasteiger partial charge in [-0.05, 0) is 31.4 Å². The molecule has 0 aromatic carbocycles. The number of rotatable bonds is 3. The van der Waals surface area contributed by atoms with E-state index in [0.29, 0.717) is 5.88 Å². The van der Waals surface area contributed by atoms with Crippen molar-refractivity contribution in [2.24, 2.45) is 0 Å². The van der Waals surface area contributed by atoms with Crippen LogP contribution in [0, 0.1) is 6.92 Å². The predicted octanol–water partition coefficient (Wildman–Crippen LogP) is 2.41. The average Bonchev–Trinajstić information content (AvgIpc) is 3.23. The van der Waals surface area contributed by atoms with Gasteiger partial charge in [0.25, 0.3) is 0 Å². The van der Waals surface area contributed by atoms with Crippen molar-refractivity contribution in [3.8, 4) is 0 Å². The van der Waals surface area contributed by atoms with Gasteiger partial charge in [0.15, 0.2) is 0 Å². The molecule has 0 N–H and O–H groups in total. The second kappa shape index (κ2) is 5.06. The third-order valence-corrected chi connectivity index (χ3v) is 4.31. The van der Waals surface area contributed by atoms with Crippen LogP contribution in [0.3, 0.4) is 0 Å². The van der Waals surface area contributed by atoms with Gasteiger partial charge < -0.3 is 4.90 Å². The molecule has 4 heteroatoms. The van der Waals surface area contributed by atoms with Crippen LogP contribution in [0.15, 0.2) is 12.1 Å². The molecule has 3 rings (SSSR count). The van der Waals surface area contributed by atoms with Crippen LogP contribution in [0.5, 0.6) is 0 Å². The van der Waals surface area contributed by atoms with Gasteiger partial charge in [0.05, 0.1) is 0 Å². The molecule has 1 saturated carbocycles. The van der Waals surface area contributed by atoms with E-state index in [9.17, 15) is 0 Å². The molecule has 0 atom stereocenters. The molecule has 0 radical (unpaired) electrons. The molecule has 3 nitrogen and oxygen atoms in total. The molecule has 1 aromatic rings. The second-order valence-corrected chi connectivity index (χ2v) is 5.57. The Balaban J connectivity index is 1.66. The number of pyridine rings is 1. The van der Waals surface area contributed by atoms with Crippen molar-refractivity contribution in [3.05, 3.63) is 23.4 Å². The molecule has 0 spiro atoms. The molecule has 2 heterocycles. The minimum atomic E-state index is 0.550. The SMILES string of the molecule is Cc1nc(N2CCN(C3CC3)CC2)ccc1CCl. The minimum absolute atomic E-state index is 0.550. The standard InChI is InChI=1S/C14H20ClN3/c1-11-12(10-15)2-5-14(16-11)18-8-6-17(7-9-18)13-3-4-13/h2,5,13H,3-4,6-10H2,1H3. The number of nitrogens with zero attached hydrogens (tertiary/aromatic N) is 3. The van der Waals surface area contributed by atoms with Gasteiger partial charge in [-0.2, -0.15) is 0 Å². The van der Waals surface area contributed by atoms with E-state index in [1.54, 1.807) is 0 Å². The highest BCUT2D eigenvalue weighted by molar-refractivity contribution is 6.17. The first-order valence-corrected chi connectivity index (χ1v) is 7.33. The Bertz CT molecular complexity index is 423. The van der Waals surface area contributed by atoms with E-state index >= 15 is 0 Å². The van der Waals surface area contributed by atoms with Crippen molar-refractivity contribution >= 4 is 17.4 Å². The fourth-order valence-electron chi connectivity index (χ4n) is 2.65. The number of aryl methyl sites for hydroxylation is 1. The zero-order valence-corrected chi connectivity index (χ0v) is 11.7. The highest BCUT2D eigenvalue weighted by Gasteiger charge is 2.31. The van der Waals surface area contributed by atoms with Crippen LogP contribution in [-0.2, 0) is 5.88 Å². The van der Waals surface area contributed by atoms with Crippen molar-refractivity contribution in [3.63, 3.8) is 0 Å². The van der Waals surface area contributed by atoms with Crippen LogP contribution in [0.2, 0.25) is 0 Å². The van der Waals surface area contributed by atoms with Gasteiger partial charge in [-0.15, -0.1) is 11.6 Å². The number of piperazine rings is 1. The monoisotopic (exact) mass is 265 g/mol. The van der Waals surface area contributed by atoms with Crippen molar-refractivity contribution in [2.45, 2.75) is 31.7 Å². The summed E-state index contributed by atoms with van der Waals surface area (Å²) < 4.78 is 0. The number of hydrogen-bond acceptors (Lipinski definition) is 3. The summed E-state index contributed by atoms with van der Waals surface area (Å²) in [5.74, 6) is 1.66. The van der Waals surface area contributed by atoms with E-state index in [1.807, 2.05) is 6.92 Å². The summed E-state index contributed by atoms with van der Waals surface area (Å²) in [5, 5.41) is 0. The first-order chi connectivity index (χ1) is 8.78. The second-order valence-electron chi connectivity index (χ2n) is 5.30. The number of aromatic nitrogens is 1. The van der Waals surface area contributed by atoms with Gasteiger partial charge in [0.1, 0.15) is 5.82 Å². The molecule has 0 bridgehead atoms. The van der Waals surface area contributed by atoms with E-state index in [0.717, 1.165) is 36.2 Å². The van der Waals surface area contributed by atoms with Crippen LogP contribution in [-0.4, -0.2) is 42.1 Å². The molecule has 2 aliphatic rings. The average molecular weight is 266 g/mol. The highest BCUT2D eigenvalue weighted by atomic mass is 35.5. The third kappa shape index (κ3) is 2.47. The molecule has 1 aliphatic carbocycles. The Labute approximate surface area is 114 Å². The van der Waals surface area contributed by atoms with E-state index in [4.69, 9.17) is 11.6 Å². The molecule has 2 fully saturated rings. The third-order valence-electron chi connectivity index (χ3n) is 4.03. The predicted molar refractivity (Wildman–Crippen MR) is 75.3 cm³/mol. The van der Waals surface area contributed by atoms with Crippen molar-refractivity contribution in [1.29, 1.82) is 0 Å². The smallest absolute Gasteiger partial charge is 0.128 e. The van der Waals surface area contributed by atoms with Crippen LogP contribution in [0.4, 0.5) is 5.82 Å².